The molecule has 4 aliphatic rings. The zero-order valence-corrected chi connectivity index (χ0v) is 26.3. The van der Waals surface area contributed by atoms with Crippen molar-refractivity contribution in [3.63, 3.8) is 0 Å². The second-order valence-electron chi connectivity index (χ2n) is 12.6. The number of anilines is 3. The summed E-state index contributed by atoms with van der Waals surface area (Å²) >= 11 is 2.12. The fraction of sp³-hybridized carbons (Fsp3) is 0.333. The van der Waals surface area contributed by atoms with Crippen LogP contribution in [0.3, 0.4) is 0 Å². The summed E-state index contributed by atoms with van der Waals surface area (Å²) in [6.07, 6.45) is 13.2. The number of benzene rings is 3. The monoisotopic (exact) mass is 570 g/mol. The van der Waals surface area contributed by atoms with E-state index in [0.717, 1.165) is 31.6 Å². The molecule has 0 bridgehead atoms. The maximum Gasteiger partial charge on any atom is 0.0490 e. The Kier molecular flexibility index (Phi) is 7.40. The van der Waals surface area contributed by atoms with Gasteiger partial charge in [0.15, 0.2) is 0 Å². The van der Waals surface area contributed by atoms with E-state index in [1.54, 1.807) is 5.57 Å². The van der Waals surface area contributed by atoms with Gasteiger partial charge >= 0.3 is 0 Å². The van der Waals surface area contributed by atoms with E-state index in [1.165, 1.54) is 74.6 Å². The second-order valence-corrected chi connectivity index (χ2v) is 13.7. The van der Waals surface area contributed by atoms with Crippen molar-refractivity contribution in [1.82, 2.24) is 0 Å². The van der Waals surface area contributed by atoms with Gasteiger partial charge < -0.3 is 9.80 Å². The molecule has 2 atom stereocenters. The zero-order chi connectivity index (χ0) is 28.8. The number of rotatable bonds is 6. The number of nitrogens with zero attached hydrogens (tertiary/aromatic N) is 2. The van der Waals surface area contributed by atoms with Crippen molar-refractivity contribution in [2.45, 2.75) is 76.8 Å². The molecule has 0 fully saturated rings. The van der Waals surface area contributed by atoms with E-state index >= 15 is 0 Å². The predicted octanol–water partition coefficient (Wildman–Crippen LogP) is 10.2. The van der Waals surface area contributed by atoms with Crippen molar-refractivity contribution < 1.29 is 0 Å². The van der Waals surface area contributed by atoms with Gasteiger partial charge in [0.2, 0.25) is 0 Å². The Morgan fingerprint density at radius 3 is 2.43 bits per heavy atom. The molecule has 2 unspecified atom stereocenters. The van der Waals surface area contributed by atoms with Crippen LogP contribution in [0.2, 0.25) is 0 Å². The smallest absolute Gasteiger partial charge is 0.0490 e. The third kappa shape index (κ3) is 4.86. The molecule has 3 aromatic carbocycles. The fourth-order valence-electron chi connectivity index (χ4n) is 7.49. The maximum absolute atomic E-state index is 2.61. The summed E-state index contributed by atoms with van der Waals surface area (Å²) in [6, 6.07) is 25.4. The summed E-state index contributed by atoms with van der Waals surface area (Å²) in [5, 5.41) is 0.458. The van der Waals surface area contributed by atoms with Gasteiger partial charge in [0.05, 0.1) is 0 Å². The van der Waals surface area contributed by atoms with Gasteiger partial charge in [0, 0.05) is 51.9 Å². The first-order chi connectivity index (χ1) is 20.5. The maximum atomic E-state index is 2.61. The lowest BCUT2D eigenvalue weighted by molar-refractivity contribution is 0.618. The number of hydrogen-bond acceptors (Lipinski definition) is 3. The van der Waals surface area contributed by atoms with Gasteiger partial charge in [-0.1, -0.05) is 77.9 Å². The van der Waals surface area contributed by atoms with E-state index in [-0.39, 0.29) is 0 Å². The summed E-state index contributed by atoms with van der Waals surface area (Å²) in [6.45, 7) is 10.3. The molecule has 2 heterocycles. The molecule has 2 aliphatic heterocycles. The van der Waals surface area contributed by atoms with E-state index in [1.807, 2.05) is 0 Å². The van der Waals surface area contributed by atoms with Crippen molar-refractivity contribution >= 4 is 34.9 Å². The van der Waals surface area contributed by atoms with Gasteiger partial charge in [-0.3, -0.25) is 0 Å². The molecular formula is C39H42N2S. The molecular weight excluding hydrogens is 529 g/mol. The summed E-state index contributed by atoms with van der Waals surface area (Å²) in [7, 11) is 0. The molecule has 2 nitrogen and oxygen atoms in total. The predicted molar refractivity (Wildman–Crippen MR) is 183 cm³/mol. The Morgan fingerprint density at radius 1 is 0.881 bits per heavy atom. The van der Waals surface area contributed by atoms with Crippen LogP contribution in [0.1, 0.15) is 69.2 Å². The molecule has 214 valence electrons. The molecule has 3 aromatic rings. The quantitative estimate of drug-likeness (QED) is 0.291. The summed E-state index contributed by atoms with van der Waals surface area (Å²) in [4.78, 5) is 5.18. The molecule has 2 aliphatic carbocycles. The first-order valence-electron chi connectivity index (χ1n) is 15.7. The van der Waals surface area contributed by atoms with Gasteiger partial charge in [-0.2, -0.15) is 0 Å². The number of para-hydroxylation sites is 2. The molecule has 0 N–H and O–H groups in total. The SMILES string of the molecule is CC(C)=Cc1c(CSC2C(C)=CC3=C2CCC=C3N2CCc3ccccc32)cccc1N1c2ccccc2CCC1C. The molecule has 0 spiro atoms. The van der Waals surface area contributed by atoms with Crippen LogP contribution in [0, 0.1) is 0 Å². The lowest BCUT2D eigenvalue weighted by Gasteiger charge is -2.38. The van der Waals surface area contributed by atoms with Gasteiger partial charge in [0.25, 0.3) is 0 Å². The average Bonchev–Trinajstić information content (AvgIpc) is 3.57. The Bertz CT molecular complexity index is 1650. The highest BCUT2D eigenvalue weighted by Gasteiger charge is 2.33. The van der Waals surface area contributed by atoms with Crippen molar-refractivity contribution in [3.05, 3.63) is 129 Å². The molecule has 0 amide bonds. The highest BCUT2D eigenvalue weighted by molar-refractivity contribution is 7.99. The molecule has 0 saturated carbocycles. The van der Waals surface area contributed by atoms with Crippen molar-refractivity contribution in [3.8, 4) is 0 Å². The molecule has 0 radical (unpaired) electrons. The van der Waals surface area contributed by atoms with Crippen LogP contribution >= 0.6 is 11.8 Å². The van der Waals surface area contributed by atoms with Crippen LogP contribution in [-0.4, -0.2) is 17.8 Å². The number of hydrogen-bond donors (Lipinski definition) is 0. The minimum atomic E-state index is 0.458. The van der Waals surface area contributed by atoms with E-state index in [9.17, 15) is 0 Å². The van der Waals surface area contributed by atoms with Gasteiger partial charge in [0.1, 0.15) is 0 Å². The largest absolute Gasteiger partial charge is 0.341 e. The van der Waals surface area contributed by atoms with E-state index in [2.05, 4.69) is 134 Å². The van der Waals surface area contributed by atoms with Crippen LogP contribution in [0.25, 0.3) is 6.08 Å². The van der Waals surface area contributed by atoms with Crippen LogP contribution in [0.4, 0.5) is 17.1 Å². The summed E-state index contributed by atoms with van der Waals surface area (Å²) < 4.78 is 0. The minimum absolute atomic E-state index is 0.458. The highest BCUT2D eigenvalue weighted by Crippen LogP contribution is 2.47. The summed E-state index contributed by atoms with van der Waals surface area (Å²) in [5.74, 6) is 1.01. The van der Waals surface area contributed by atoms with Crippen molar-refractivity contribution in [1.29, 1.82) is 0 Å². The Hall–Kier alpha value is -3.43. The number of fused-ring (bicyclic) bond motifs is 2. The zero-order valence-electron chi connectivity index (χ0n) is 25.5. The van der Waals surface area contributed by atoms with Crippen molar-refractivity contribution in [2.24, 2.45) is 0 Å². The van der Waals surface area contributed by atoms with Crippen LogP contribution in [0.15, 0.2) is 107 Å². The molecule has 0 saturated heterocycles. The number of thioether (sulfide) groups is 1. The third-order valence-electron chi connectivity index (χ3n) is 9.45. The Balaban J connectivity index is 1.19. The van der Waals surface area contributed by atoms with Crippen LogP contribution in [0.5, 0.6) is 0 Å². The highest BCUT2D eigenvalue weighted by atomic mass is 32.2. The molecule has 0 aromatic heterocycles. The second kappa shape index (κ2) is 11.3. The lowest BCUT2D eigenvalue weighted by Crippen LogP contribution is -2.33. The third-order valence-corrected chi connectivity index (χ3v) is 10.9. The topological polar surface area (TPSA) is 6.48 Å². The van der Waals surface area contributed by atoms with Crippen LogP contribution < -0.4 is 9.80 Å². The summed E-state index contributed by atoms with van der Waals surface area (Å²) in [5.41, 5.74) is 17.3. The van der Waals surface area contributed by atoms with Crippen molar-refractivity contribution in [2.75, 3.05) is 16.3 Å². The van der Waals surface area contributed by atoms with E-state index < -0.39 is 0 Å². The Labute approximate surface area is 256 Å². The van der Waals surface area contributed by atoms with Gasteiger partial charge in [-0.05, 0) is 106 Å². The first-order valence-corrected chi connectivity index (χ1v) is 16.8. The fourth-order valence-corrected chi connectivity index (χ4v) is 8.86. The lowest BCUT2D eigenvalue weighted by atomic mass is 9.94. The molecule has 3 heteroatoms. The standard InChI is InChI=1S/C39H42N2S/c1-26(2)23-33-31(13-9-18-38(33)41-28(4)19-20-29-11-6-8-16-36(29)41)25-42-39-27(3)24-34-32(39)14-10-17-37(34)40-22-21-30-12-5-7-15-35(30)40/h5-9,11-13,15-18,23-24,28,39H,10,14,19-22,25H2,1-4H3. The first kappa shape index (κ1) is 27.4. The normalized spacial score (nSPS) is 21.0. The Morgan fingerprint density at radius 2 is 1.62 bits per heavy atom. The van der Waals surface area contributed by atoms with E-state index in [4.69, 9.17) is 0 Å². The van der Waals surface area contributed by atoms with Gasteiger partial charge in [-0.25, -0.2) is 0 Å². The number of allylic oxidation sites excluding steroid dienone is 3. The van der Waals surface area contributed by atoms with Crippen LogP contribution in [-0.2, 0) is 18.6 Å². The van der Waals surface area contributed by atoms with E-state index in [0.29, 0.717) is 11.3 Å². The van der Waals surface area contributed by atoms with Gasteiger partial charge in [-0.15, -0.1) is 11.8 Å². The number of aryl methyl sites for hydroxylation is 1. The minimum Gasteiger partial charge on any atom is -0.341 e. The average molecular weight is 571 g/mol. The molecule has 42 heavy (non-hydrogen) atoms. The molecule has 7 rings (SSSR count).